The van der Waals surface area contributed by atoms with E-state index in [0.717, 1.165) is 44.2 Å². The molecule has 0 atom stereocenters. The second-order valence-corrected chi connectivity index (χ2v) is 6.46. The molecular formula is C21H25N5. The number of hydrogen-bond acceptors (Lipinski definition) is 3. The number of nitrogens with one attached hydrogen (secondary N) is 1. The van der Waals surface area contributed by atoms with Crippen molar-refractivity contribution in [2.45, 2.75) is 13.1 Å². The van der Waals surface area contributed by atoms with Crippen molar-refractivity contribution in [3.05, 3.63) is 71.3 Å². The van der Waals surface area contributed by atoms with Crippen molar-refractivity contribution in [1.82, 2.24) is 15.1 Å². The zero-order valence-electron chi connectivity index (χ0n) is 15.2. The number of hydrogen-bond donors (Lipinski definition) is 1. The predicted octanol–water partition coefficient (Wildman–Crippen LogP) is 2.45. The molecule has 1 fully saturated rings. The summed E-state index contributed by atoms with van der Waals surface area (Å²) in [5.41, 5.74) is 3.20. The average Bonchev–Trinajstić information content (AvgIpc) is 2.71. The maximum absolute atomic E-state index is 8.87. The van der Waals surface area contributed by atoms with Crippen molar-refractivity contribution in [3.63, 3.8) is 0 Å². The Hall–Kier alpha value is -2.84. The van der Waals surface area contributed by atoms with E-state index in [1.54, 1.807) is 0 Å². The Kier molecular flexibility index (Phi) is 6.24. The van der Waals surface area contributed by atoms with Crippen LogP contribution in [0.15, 0.2) is 59.6 Å². The summed E-state index contributed by atoms with van der Waals surface area (Å²) in [5.74, 6) is 0.939. The summed E-state index contributed by atoms with van der Waals surface area (Å²) in [6, 6.07) is 20.4. The number of rotatable bonds is 4. The van der Waals surface area contributed by atoms with Crippen molar-refractivity contribution >= 4 is 5.96 Å². The van der Waals surface area contributed by atoms with E-state index in [-0.39, 0.29) is 0 Å². The molecule has 0 bridgehead atoms. The number of piperazine rings is 1. The minimum absolute atomic E-state index is 0.688. The third-order valence-corrected chi connectivity index (χ3v) is 4.67. The van der Waals surface area contributed by atoms with Gasteiger partial charge in [0.25, 0.3) is 0 Å². The summed E-state index contributed by atoms with van der Waals surface area (Å²) in [4.78, 5) is 9.23. The molecule has 0 saturated carbocycles. The molecule has 2 aromatic carbocycles. The zero-order valence-corrected chi connectivity index (χ0v) is 15.2. The van der Waals surface area contributed by atoms with Crippen molar-refractivity contribution in [2.24, 2.45) is 4.99 Å². The first kappa shape index (κ1) is 18.0. The van der Waals surface area contributed by atoms with Crippen LogP contribution in [0.1, 0.15) is 16.7 Å². The Labute approximate surface area is 155 Å². The predicted molar refractivity (Wildman–Crippen MR) is 105 cm³/mol. The molecule has 0 radical (unpaired) electrons. The first-order chi connectivity index (χ1) is 12.8. The fourth-order valence-electron chi connectivity index (χ4n) is 3.17. The molecule has 0 amide bonds. The second kappa shape index (κ2) is 9.02. The van der Waals surface area contributed by atoms with Gasteiger partial charge in [-0.2, -0.15) is 5.26 Å². The average molecular weight is 347 g/mol. The number of benzene rings is 2. The summed E-state index contributed by atoms with van der Waals surface area (Å²) in [5, 5.41) is 12.3. The van der Waals surface area contributed by atoms with E-state index in [0.29, 0.717) is 12.1 Å². The van der Waals surface area contributed by atoms with Gasteiger partial charge in [-0.25, -0.2) is 0 Å². The monoisotopic (exact) mass is 347 g/mol. The largest absolute Gasteiger partial charge is 0.352 e. The Morgan fingerprint density at radius 3 is 2.31 bits per heavy atom. The normalized spacial score (nSPS) is 15.5. The summed E-state index contributed by atoms with van der Waals surface area (Å²) >= 11 is 0. The maximum Gasteiger partial charge on any atom is 0.194 e. The lowest BCUT2D eigenvalue weighted by Crippen LogP contribution is -2.52. The molecule has 2 aromatic rings. The molecule has 0 aliphatic carbocycles. The van der Waals surface area contributed by atoms with Gasteiger partial charge in [0, 0.05) is 46.3 Å². The fraction of sp³-hybridized carbons (Fsp3) is 0.333. The first-order valence-electron chi connectivity index (χ1n) is 8.99. The van der Waals surface area contributed by atoms with Crippen LogP contribution in [0.4, 0.5) is 0 Å². The van der Waals surface area contributed by atoms with Crippen LogP contribution in [0.3, 0.4) is 0 Å². The first-order valence-corrected chi connectivity index (χ1v) is 8.99. The lowest BCUT2D eigenvalue weighted by atomic mass is 10.1. The number of nitrogens with zero attached hydrogens (tertiary/aromatic N) is 4. The highest BCUT2D eigenvalue weighted by Crippen LogP contribution is 2.09. The van der Waals surface area contributed by atoms with Gasteiger partial charge in [-0.15, -0.1) is 0 Å². The summed E-state index contributed by atoms with van der Waals surface area (Å²) in [6.07, 6.45) is 0. The summed E-state index contributed by atoms with van der Waals surface area (Å²) in [6.45, 7) is 5.73. The fourth-order valence-corrected chi connectivity index (χ4v) is 3.17. The number of guanidine groups is 1. The zero-order chi connectivity index (χ0) is 18.2. The van der Waals surface area contributed by atoms with Gasteiger partial charge in [0.15, 0.2) is 5.96 Å². The van der Waals surface area contributed by atoms with Gasteiger partial charge in [-0.05, 0) is 23.3 Å². The van der Waals surface area contributed by atoms with E-state index >= 15 is 0 Å². The molecular weight excluding hydrogens is 322 g/mol. The van der Waals surface area contributed by atoms with Crippen LogP contribution in [0, 0.1) is 11.3 Å². The van der Waals surface area contributed by atoms with E-state index in [1.807, 2.05) is 31.3 Å². The SMILES string of the molecule is CN=C(NCc1ccc(C#N)cc1)N1CCN(Cc2ccccc2)CC1. The second-order valence-electron chi connectivity index (χ2n) is 6.46. The molecule has 5 heteroatoms. The van der Waals surface area contributed by atoms with Crippen molar-refractivity contribution < 1.29 is 0 Å². The molecule has 0 aromatic heterocycles. The van der Waals surface area contributed by atoms with Crippen LogP contribution < -0.4 is 5.32 Å². The van der Waals surface area contributed by atoms with Crippen molar-refractivity contribution in [3.8, 4) is 6.07 Å². The molecule has 26 heavy (non-hydrogen) atoms. The van der Waals surface area contributed by atoms with Crippen LogP contribution in [-0.4, -0.2) is 49.0 Å². The van der Waals surface area contributed by atoms with Crippen LogP contribution in [-0.2, 0) is 13.1 Å². The highest BCUT2D eigenvalue weighted by molar-refractivity contribution is 5.80. The molecule has 1 heterocycles. The Morgan fingerprint density at radius 2 is 1.69 bits per heavy atom. The number of aliphatic imine (C=N–C) groups is 1. The quantitative estimate of drug-likeness (QED) is 0.682. The summed E-state index contributed by atoms with van der Waals surface area (Å²) in [7, 11) is 1.83. The van der Waals surface area contributed by atoms with Gasteiger partial charge >= 0.3 is 0 Å². The maximum atomic E-state index is 8.87. The van der Waals surface area contributed by atoms with Crippen molar-refractivity contribution in [2.75, 3.05) is 33.2 Å². The van der Waals surface area contributed by atoms with Gasteiger partial charge in [0.2, 0.25) is 0 Å². The minimum Gasteiger partial charge on any atom is -0.352 e. The molecule has 1 aliphatic rings. The topological polar surface area (TPSA) is 54.7 Å². The van der Waals surface area contributed by atoms with E-state index in [2.05, 4.69) is 56.5 Å². The van der Waals surface area contributed by atoms with Crippen LogP contribution in [0.5, 0.6) is 0 Å². The Morgan fingerprint density at radius 1 is 1.00 bits per heavy atom. The van der Waals surface area contributed by atoms with E-state index < -0.39 is 0 Å². The summed E-state index contributed by atoms with van der Waals surface area (Å²) < 4.78 is 0. The Balaban J connectivity index is 1.48. The third-order valence-electron chi connectivity index (χ3n) is 4.67. The molecule has 1 saturated heterocycles. The molecule has 0 unspecified atom stereocenters. The lowest BCUT2D eigenvalue weighted by Gasteiger charge is -2.36. The van der Waals surface area contributed by atoms with Gasteiger partial charge in [-0.3, -0.25) is 9.89 Å². The third kappa shape index (κ3) is 4.84. The lowest BCUT2D eigenvalue weighted by molar-refractivity contribution is 0.172. The van der Waals surface area contributed by atoms with E-state index in [9.17, 15) is 0 Å². The van der Waals surface area contributed by atoms with Crippen LogP contribution in [0.2, 0.25) is 0 Å². The molecule has 3 rings (SSSR count). The van der Waals surface area contributed by atoms with Crippen LogP contribution >= 0.6 is 0 Å². The Bertz CT molecular complexity index is 753. The molecule has 1 aliphatic heterocycles. The minimum atomic E-state index is 0.688. The van der Waals surface area contributed by atoms with Gasteiger partial charge in [0.1, 0.15) is 0 Å². The highest BCUT2D eigenvalue weighted by atomic mass is 15.3. The number of nitriles is 1. The highest BCUT2D eigenvalue weighted by Gasteiger charge is 2.19. The smallest absolute Gasteiger partial charge is 0.194 e. The van der Waals surface area contributed by atoms with E-state index in [1.165, 1.54) is 5.56 Å². The molecule has 5 nitrogen and oxygen atoms in total. The van der Waals surface area contributed by atoms with E-state index in [4.69, 9.17) is 5.26 Å². The molecule has 0 spiro atoms. The van der Waals surface area contributed by atoms with Crippen LogP contribution in [0.25, 0.3) is 0 Å². The molecule has 1 N–H and O–H groups in total. The van der Waals surface area contributed by atoms with Gasteiger partial charge in [0.05, 0.1) is 11.6 Å². The van der Waals surface area contributed by atoms with Gasteiger partial charge < -0.3 is 10.2 Å². The standard InChI is InChI=1S/C21H25N5/c1-23-21(24-16-19-9-7-18(15-22)8-10-19)26-13-11-25(12-14-26)17-20-5-3-2-4-6-20/h2-10H,11-14,16-17H2,1H3,(H,23,24). The van der Waals surface area contributed by atoms with Crippen molar-refractivity contribution in [1.29, 1.82) is 5.26 Å². The van der Waals surface area contributed by atoms with Gasteiger partial charge in [-0.1, -0.05) is 42.5 Å². The molecule has 134 valence electrons.